The molecule has 0 spiro atoms. The lowest BCUT2D eigenvalue weighted by Crippen LogP contribution is -2.14. The Hall–Kier alpha value is -3.38. The minimum atomic E-state index is -0.120. The van der Waals surface area contributed by atoms with E-state index in [9.17, 15) is 4.79 Å². The van der Waals surface area contributed by atoms with Gasteiger partial charge in [0.15, 0.2) is 0 Å². The van der Waals surface area contributed by atoms with E-state index >= 15 is 0 Å². The van der Waals surface area contributed by atoms with Crippen molar-refractivity contribution in [3.8, 4) is 11.1 Å². The first-order valence-electron chi connectivity index (χ1n) is 10.1. The molecular formula is C25H23N3O2S. The zero-order chi connectivity index (χ0) is 21.5. The van der Waals surface area contributed by atoms with Crippen LogP contribution in [0.4, 0.5) is 5.69 Å². The Balaban J connectivity index is 1.33. The number of thioether (sulfide) groups is 1. The second-order valence-electron chi connectivity index (χ2n) is 7.23. The fourth-order valence-electron chi connectivity index (χ4n) is 3.32. The molecule has 0 aliphatic rings. The van der Waals surface area contributed by atoms with Crippen molar-refractivity contribution in [3.63, 3.8) is 0 Å². The van der Waals surface area contributed by atoms with Gasteiger partial charge in [-0.05, 0) is 23.1 Å². The SMILES string of the molecule is CC(Cc1nnc(SCC(=O)Nc2ccccc2-c2ccccc2)o1)c1ccccc1. The standard InChI is InChI=1S/C25H23N3O2S/c1-18(19-10-4-2-5-11-19)16-24-27-28-25(30-24)31-17-23(29)26-22-15-9-8-14-21(22)20-12-6-3-7-13-20/h2-15,18H,16-17H2,1H3,(H,26,29). The van der Waals surface area contributed by atoms with Crippen molar-refractivity contribution >= 4 is 23.4 Å². The molecule has 1 heterocycles. The number of nitrogens with one attached hydrogen (secondary N) is 1. The zero-order valence-corrected chi connectivity index (χ0v) is 18.0. The topological polar surface area (TPSA) is 68.0 Å². The molecule has 3 aromatic carbocycles. The van der Waals surface area contributed by atoms with Crippen LogP contribution in [0.5, 0.6) is 0 Å². The van der Waals surface area contributed by atoms with Gasteiger partial charge in [-0.2, -0.15) is 0 Å². The molecular weight excluding hydrogens is 406 g/mol. The maximum Gasteiger partial charge on any atom is 0.277 e. The Morgan fingerprint density at radius 1 is 0.935 bits per heavy atom. The molecule has 4 rings (SSSR count). The molecule has 5 nitrogen and oxygen atoms in total. The molecule has 1 unspecified atom stereocenters. The molecule has 0 aliphatic heterocycles. The molecule has 1 amide bonds. The number of rotatable bonds is 8. The maximum atomic E-state index is 12.5. The van der Waals surface area contributed by atoms with Crippen LogP contribution in [0.15, 0.2) is 94.6 Å². The van der Waals surface area contributed by atoms with Gasteiger partial charge in [0.1, 0.15) is 0 Å². The first-order valence-corrected chi connectivity index (χ1v) is 11.1. The number of anilines is 1. The van der Waals surface area contributed by atoms with Crippen molar-refractivity contribution in [1.82, 2.24) is 10.2 Å². The third kappa shape index (κ3) is 5.61. The van der Waals surface area contributed by atoms with Crippen LogP contribution in [0.3, 0.4) is 0 Å². The van der Waals surface area contributed by atoms with E-state index in [-0.39, 0.29) is 17.6 Å². The van der Waals surface area contributed by atoms with E-state index in [1.54, 1.807) is 0 Å². The van der Waals surface area contributed by atoms with Gasteiger partial charge in [0.25, 0.3) is 5.22 Å². The lowest BCUT2D eigenvalue weighted by atomic mass is 9.98. The van der Waals surface area contributed by atoms with Gasteiger partial charge in [0, 0.05) is 17.7 Å². The molecule has 6 heteroatoms. The van der Waals surface area contributed by atoms with Gasteiger partial charge < -0.3 is 9.73 Å². The number of hydrogen-bond donors (Lipinski definition) is 1. The first-order chi connectivity index (χ1) is 15.2. The van der Waals surface area contributed by atoms with Crippen molar-refractivity contribution in [2.24, 2.45) is 0 Å². The van der Waals surface area contributed by atoms with E-state index in [2.05, 4.69) is 34.6 Å². The largest absolute Gasteiger partial charge is 0.416 e. The molecule has 156 valence electrons. The van der Waals surface area contributed by atoms with Crippen LogP contribution in [-0.4, -0.2) is 21.9 Å². The molecule has 31 heavy (non-hydrogen) atoms. The number of amides is 1. The number of carbonyl (C=O) groups excluding carboxylic acids is 1. The minimum Gasteiger partial charge on any atom is -0.416 e. The maximum absolute atomic E-state index is 12.5. The van der Waals surface area contributed by atoms with Crippen molar-refractivity contribution in [3.05, 3.63) is 96.4 Å². The van der Waals surface area contributed by atoms with Gasteiger partial charge >= 0.3 is 0 Å². The molecule has 0 bridgehead atoms. The normalized spacial score (nSPS) is 11.8. The molecule has 1 N–H and O–H groups in total. The van der Waals surface area contributed by atoms with Crippen molar-refractivity contribution in [2.45, 2.75) is 24.5 Å². The predicted octanol–water partition coefficient (Wildman–Crippen LogP) is 5.81. The fourth-order valence-corrected chi connectivity index (χ4v) is 3.90. The molecule has 0 saturated carbocycles. The van der Waals surface area contributed by atoms with Crippen LogP contribution >= 0.6 is 11.8 Å². The van der Waals surface area contributed by atoms with Crippen LogP contribution in [-0.2, 0) is 11.2 Å². The summed E-state index contributed by atoms with van der Waals surface area (Å²) in [6.07, 6.45) is 0.661. The summed E-state index contributed by atoms with van der Waals surface area (Å²) < 4.78 is 5.73. The summed E-state index contributed by atoms with van der Waals surface area (Å²) in [4.78, 5) is 12.5. The summed E-state index contributed by atoms with van der Waals surface area (Å²) >= 11 is 1.24. The van der Waals surface area contributed by atoms with E-state index in [4.69, 9.17) is 4.42 Å². The van der Waals surface area contributed by atoms with Crippen molar-refractivity contribution < 1.29 is 9.21 Å². The number of hydrogen-bond acceptors (Lipinski definition) is 5. The highest BCUT2D eigenvalue weighted by molar-refractivity contribution is 7.99. The Morgan fingerprint density at radius 3 is 2.39 bits per heavy atom. The summed E-state index contributed by atoms with van der Waals surface area (Å²) in [5, 5.41) is 11.6. The number of aromatic nitrogens is 2. The fraction of sp³-hybridized carbons (Fsp3) is 0.160. The van der Waals surface area contributed by atoms with E-state index < -0.39 is 0 Å². The number of benzene rings is 3. The Kier molecular flexibility index (Phi) is 6.79. The van der Waals surface area contributed by atoms with Crippen LogP contribution < -0.4 is 5.32 Å². The quantitative estimate of drug-likeness (QED) is 0.358. The average molecular weight is 430 g/mol. The highest BCUT2D eigenvalue weighted by Gasteiger charge is 2.14. The summed E-state index contributed by atoms with van der Waals surface area (Å²) in [6, 6.07) is 28.0. The number of para-hydroxylation sites is 1. The molecule has 4 aromatic rings. The van der Waals surface area contributed by atoms with E-state index in [1.165, 1.54) is 17.3 Å². The number of nitrogens with zero attached hydrogens (tertiary/aromatic N) is 2. The Bertz CT molecular complexity index is 1130. The Labute approximate surface area is 185 Å². The van der Waals surface area contributed by atoms with Gasteiger partial charge in [-0.15, -0.1) is 10.2 Å². The second-order valence-corrected chi connectivity index (χ2v) is 8.15. The average Bonchev–Trinajstić information content (AvgIpc) is 3.26. The first kappa shape index (κ1) is 20.9. The third-order valence-corrected chi connectivity index (χ3v) is 5.73. The van der Waals surface area contributed by atoms with Gasteiger partial charge in [0.2, 0.25) is 11.8 Å². The molecule has 1 atom stereocenters. The van der Waals surface area contributed by atoms with Gasteiger partial charge in [-0.1, -0.05) is 97.5 Å². The molecule has 0 fully saturated rings. The van der Waals surface area contributed by atoms with Crippen LogP contribution in [0.1, 0.15) is 24.3 Å². The van der Waals surface area contributed by atoms with E-state index in [0.717, 1.165) is 16.8 Å². The van der Waals surface area contributed by atoms with Gasteiger partial charge in [0.05, 0.1) is 5.75 Å². The molecule has 0 radical (unpaired) electrons. The van der Waals surface area contributed by atoms with Crippen LogP contribution in [0.25, 0.3) is 11.1 Å². The third-order valence-electron chi connectivity index (χ3n) is 4.91. The minimum absolute atomic E-state index is 0.120. The summed E-state index contributed by atoms with van der Waals surface area (Å²) in [5.74, 6) is 0.927. The molecule has 0 aliphatic carbocycles. The van der Waals surface area contributed by atoms with Gasteiger partial charge in [-0.3, -0.25) is 4.79 Å². The van der Waals surface area contributed by atoms with E-state index in [1.807, 2.05) is 72.8 Å². The van der Waals surface area contributed by atoms with E-state index in [0.29, 0.717) is 17.5 Å². The smallest absolute Gasteiger partial charge is 0.277 e. The van der Waals surface area contributed by atoms with Crippen LogP contribution in [0, 0.1) is 0 Å². The lowest BCUT2D eigenvalue weighted by Gasteiger charge is -2.10. The van der Waals surface area contributed by atoms with Crippen LogP contribution in [0.2, 0.25) is 0 Å². The van der Waals surface area contributed by atoms with Gasteiger partial charge in [-0.25, -0.2) is 0 Å². The lowest BCUT2D eigenvalue weighted by molar-refractivity contribution is -0.113. The van der Waals surface area contributed by atoms with Crippen molar-refractivity contribution in [1.29, 1.82) is 0 Å². The predicted molar refractivity (Wildman–Crippen MR) is 124 cm³/mol. The molecule has 0 saturated heterocycles. The monoisotopic (exact) mass is 429 g/mol. The highest BCUT2D eigenvalue weighted by atomic mass is 32.2. The number of carbonyl (C=O) groups is 1. The second kappa shape index (κ2) is 10.1. The summed E-state index contributed by atoms with van der Waals surface area (Å²) in [5.41, 5.74) is 4.05. The van der Waals surface area contributed by atoms with Crippen molar-refractivity contribution in [2.75, 3.05) is 11.1 Å². The zero-order valence-electron chi connectivity index (χ0n) is 17.2. The Morgan fingerprint density at radius 2 is 1.61 bits per heavy atom. The molecule has 1 aromatic heterocycles. The highest BCUT2D eigenvalue weighted by Crippen LogP contribution is 2.28. The summed E-state index contributed by atoms with van der Waals surface area (Å²) in [7, 11) is 0. The summed E-state index contributed by atoms with van der Waals surface area (Å²) in [6.45, 7) is 2.13.